The predicted octanol–water partition coefficient (Wildman–Crippen LogP) is 1.25. The van der Waals surface area contributed by atoms with Crippen LogP contribution in [0.5, 0.6) is 0 Å². The lowest BCUT2D eigenvalue weighted by Gasteiger charge is -2.29. The fraction of sp³-hybridized carbons (Fsp3) is 0.600. The summed E-state index contributed by atoms with van der Waals surface area (Å²) in [5.41, 5.74) is 2.07. The van der Waals surface area contributed by atoms with E-state index in [0.717, 1.165) is 18.8 Å². The topological polar surface area (TPSA) is 69.6 Å². The minimum absolute atomic E-state index is 0.00203. The Morgan fingerprint density at radius 3 is 2.29 bits per heavy atom. The second kappa shape index (κ2) is 5.85. The molecule has 0 radical (unpaired) electrons. The molecule has 1 aromatic rings. The third-order valence-corrected chi connectivity index (χ3v) is 5.98. The molecule has 2 aliphatic heterocycles. The fourth-order valence-electron chi connectivity index (χ4n) is 3.10. The highest BCUT2D eigenvalue weighted by Gasteiger charge is 2.36. The SMILES string of the molecule is O=S1(=O)CC(O)C(Nc2ccc(N3CCCCC3)cc2)C1. The maximum absolute atomic E-state index is 11.5. The van der Waals surface area contributed by atoms with Gasteiger partial charge in [-0.2, -0.15) is 0 Å². The summed E-state index contributed by atoms with van der Waals surface area (Å²) in [4.78, 5) is 2.38. The third-order valence-electron chi connectivity index (χ3n) is 4.26. The summed E-state index contributed by atoms with van der Waals surface area (Å²) in [6.45, 7) is 2.21. The van der Waals surface area contributed by atoms with Gasteiger partial charge < -0.3 is 15.3 Å². The van der Waals surface area contributed by atoms with E-state index in [0.29, 0.717) is 0 Å². The van der Waals surface area contributed by atoms with Gasteiger partial charge in [-0.1, -0.05) is 0 Å². The Kier molecular flexibility index (Phi) is 4.08. The minimum atomic E-state index is -3.11. The molecule has 0 aromatic heterocycles. The van der Waals surface area contributed by atoms with Gasteiger partial charge >= 0.3 is 0 Å². The molecule has 0 amide bonds. The van der Waals surface area contributed by atoms with E-state index in [1.807, 2.05) is 12.1 Å². The molecule has 2 saturated heterocycles. The van der Waals surface area contributed by atoms with Crippen molar-refractivity contribution in [2.45, 2.75) is 31.4 Å². The summed E-state index contributed by atoms with van der Waals surface area (Å²) in [7, 11) is -3.11. The fourth-order valence-corrected chi connectivity index (χ4v) is 4.84. The summed E-state index contributed by atoms with van der Waals surface area (Å²) in [5, 5.41) is 12.9. The molecule has 2 fully saturated rings. The van der Waals surface area contributed by atoms with Crippen LogP contribution in [0.15, 0.2) is 24.3 Å². The first kappa shape index (κ1) is 14.7. The number of rotatable bonds is 3. The van der Waals surface area contributed by atoms with E-state index >= 15 is 0 Å². The largest absolute Gasteiger partial charge is 0.390 e. The third kappa shape index (κ3) is 3.49. The van der Waals surface area contributed by atoms with Crippen LogP contribution in [0.25, 0.3) is 0 Å². The first-order valence-corrected chi connectivity index (χ1v) is 9.36. The van der Waals surface area contributed by atoms with Crippen LogP contribution in [0.4, 0.5) is 11.4 Å². The average molecular weight is 310 g/mol. The molecule has 2 heterocycles. The summed E-state index contributed by atoms with van der Waals surface area (Å²) < 4.78 is 23.0. The molecule has 0 saturated carbocycles. The van der Waals surface area contributed by atoms with Crippen molar-refractivity contribution < 1.29 is 13.5 Å². The van der Waals surface area contributed by atoms with E-state index < -0.39 is 22.0 Å². The molecule has 6 heteroatoms. The Labute approximate surface area is 125 Å². The van der Waals surface area contributed by atoms with E-state index in [4.69, 9.17) is 0 Å². The molecule has 2 aliphatic rings. The molecule has 21 heavy (non-hydrogen) atoms. The van der Waals surface area contributed by atoms with Gasteiger partial charge in [-0.15, -0.1) is 0 Å². The number of piperidine rings is 1. The number of aliphatic hydroxyl groups is 1. The van der Waals surface area contributed by atoms with Crippen LogP contribution in [-0.2, 0) is 9.84 Å². The van der Waals surface area contributed by atoms with E-state index in [1.165, 1.54) is 24.9 Å². The van der Waals surface area contributed by atoms with Crippen molar-refractivity contribution in [3.05, 3.63) is 24.3 Å². The number of hydrogen-bond acceptors (Lipinski definition) is 5. The molecular formula is C15H22N2O3S. The highest BCUT2D eigenvalue weighted by atomic mass is 32.2. The first-order valence-electron chi connectivity index (χ1n) is 7.53. The van der Waals surface area contributed by atoms with Crippen LogP contribution >= 0.6 is 0 Å². The van der Waals surface area contributed by atoms with Crippen LogP contribution in [-0.4, -0.2) is 50.3 Å². The van der Waals surface area contributed by atoms with Gasteiger partial charge in [0.2, 0.25) is 0 Å². The van der Waals surface area contributed by atoms with Gasteiger partial charge in [-0.25, -0.2) is 8.42 Å². The number of aliphatic hydroxyl groups excluding tert-OH is 1. The minimum Gasteiger partial charge on any atom is -0.390 e. The van der Waals surface area contributed by atoms with E-state index in [-0.39, 0.29) is 11.5 Å². The standard InChI is InChI=1S/C15H22N2O3S/c18-15-11-21(19,20)10-14(15)16-12-4-6-13(7-5-12)17-8-2-1-3-9-17/h4-7,14-16,18H,1-3,8-11H2. The second-order valence-corrected chi connectivity index (χ2v) is 8.14. The van der Waals surface area contributed by atoms with Crippen molar-refractivity contribution in [3.8, 4) is 0 Å². The Bertz CT molecular complexity index is 579. The van der Waals surface area contributed by atoms with E-state index in [1.54, 1.807) is 0 Å². The molecule has 3 rings (SSSR count). The van der Waals surface area contributed by atoms with Crippen LogP contribution in [0, 0.1) is 0 Å². The van der Waals surface area contributed by atoms with Crippen LogP contribution in [0.1, 0.15) is 19.3 Å². The number of nitrogens with one attached hydrogen (secondary N) is 1. The molecule has 1 aromatic carbocycles. The molecule has 2 unspecified atom stereocenters. The van der Waals surface area contributed by atoms with Gasteiger partial charge in [0, 0.05) is 24.5 Å². The normalized spacial score (nSPS) is 28.5. The van der Waals surface area contributed by atoms with Crippen LogP contribution in [0.2, 0.25) is 0 Å². The van der Waals surface area contributed by atoms with Gasteiger partial charge in [-0.3, -0.25) is 0 Å². The Hall–Kier alpha value is -1.27. The Balaban J connectivity index is 1.64. The zero-order valence-electron chi connectivity index (χ0n) is 12.0. The number of nitrogens with zero attached hydrogens (tertiary/aromatic N) is 1. The van der Waals surface area contributed by atoms with Gasteiger partial charge in [0.05, 0.1) is 23.7 Å². The highest BCUT2D eigenvalue weighted by Crippen LogP contribution is 2.23. The predicted molar refractivity (Wildman–Crippen MR) is 84.6 cm³/mol. The maximum atomic E-state index is 11.5. The quantitative estimate of drug-likeness (QED) is 0.879. The molecule has 0 bridgehead atoms. The molecule has 2 N–H and O–H groups in total. The zero-order valence-corrected chi connectivity index (χ0v) is 12.8. The first-order chi connectivity index (χ1) is 10.0. The van der Waals surface area contributed by atoms with Gasteiger partial charge in [0.15, 0.2) is 9.84 Å². The maximum Gasteiger partial charge on any atom is 0.155 e. The summed E-state index contributed by atoms with van der Waals surface area (Å²) in [6, 6.07) is 7.63. The van der Waals surface area contributed by atoms with Gasteiger partial charge in [-0.05, 0) is 43.5 Å². The lowest BCUT2D eigenvalue weighted by atomic mass is 10.1. The van der Waals surface area contributed by atoms with Crippen LogP contribution < -0.4 is 10.2 Å². The number of sulfone groups is 1. The zero-order chi connectivity index (χ0) is 14.9. The highest BCUT2D eigenvalue weighted by molar-refractivity contribution is 7.91. The Morgan fingerprint density at radius 1 is 1.05 bits per heavy atom. The van der Waals surface area contributed by atoms with Crippen molar-refractivity contribution in [2.24, 2.45) is 0 Å². The van der Waals surface area contributed by atoms with Crippen molar-refractivity contribution >= 4 is 21.2 Å². The molecule has 5 nitrogen and oxygen atoms in total. The number of benzene rings is 1. The lowest BCUT2D eigenvalue weighted by molar-refractivity contribution is 0.190. The molecule has 2 atom stereocenters. The average Bonchev–Trinajstić information content (AvgIpc) is 2.73. The van der Waals surface area contributed by atoms with Gasteiger partial charge in [0.25, 0.3) is 0 Å². The van der Waals surface area contributed by atoms with Crippen LogP contribution in [0.3, 0.4) is 0 Å². The van der Waals surface area contributed by atoms with E-state index in [9.17, 15) is 13.5 Å². The lowest BCUT2D eigenvalue weighted by Crippen LogP contribution is -2.32. The van der Waals surface area contributed by atoms with Crippen molar-refractivity contribution in [1.29, 1.82) is 0 Å². The summed E-state index contributed by atoms with van der Waals surface area (Å²) in [6.07, 6.45) is 2.97. The smallest absolute Gasteiger partial charge is 0.155 e. The molecule has 0 spiro atoms. The Morgan fingerprint density at radius 2 is 1.71 bits per heavy atom. The van der Waals surface area contributed by atoms with Crippen molar-refractivity contribution in [3.63, 3.8) is 0 Å². The monoisotopic (exact) mass is 310 g/mol. The molecule has 116 valence electrons. The molecular weight excluding hydrogens is 288 g/mol. The number of anilines is 2. The second-order valence-electron chi connectivity index (χ2n) is 5.99. The summed E-state index contributed by atoms with van der Waals surface area (Å²) in [5.74, 6) is -0.140. The van der Waals surface area contributed by atoms with E-state index in [2.05, 4.69) is 22.3 Å². The molecule has 0 aliphatic carbocycles. The summed E-state index contributed by atoms with van der Waals surface area (Å²) >= 11 is 0. The van der Waals surface area contributed by atoms with Gasteiger partial charge in [0.1, 0.15) is 0 Å². The number of hydrogen-bond donors (Lipinski definition) is 2. The van der Waals surface area contributed by atoms with Crippen molar-refractivity contribution in [1.82, 2.24) is 0 Å². The van der Waals surface area contributed by atoms with Crippen molar-refractivity contribution in [2.75, 3.05) is 34.8 Å².